The predicted molar refractivity (Wildman–Crippen MR) is 90.4 cm³/mol. The molecule has 1 saturated carbocycles. The van der Waals surface area contributed by atoms with Crippen molar-refractivity contribution in [1.82, 2.24) is 0 Å². The van der Waals surface area contributed by atoms with E-state index in [1.807, 2.05) is 24.3 Å². The lowest BCUT2D eigenvalue weighted by Gasteiger charge is -2.34. The Hall–Kier alpha value is -2.35. The van der Waals surface area contributed by atoms with Crippen molar-refractivity contribution in [3.63, 3.8) is 0 Å². The second-order valence-corrected chi connectivity index (χ2v) is 6.89. The fourth-order valence-electron chi connectivity index (χ4n) is 4.68. The summed E-state index contributed by atoms with van der Waals surface area (Å²) >= 11 is 0. The van der Waals surface area contributed by atoms with Gasteiger partial charge in [-0.1, -0.05) is 72.3 Å². The first kappa shape index (κ1) is 14.3. The van der Waals surface area contributed by atoms with Gasteiger partial charge in [-0.15, -0.1) is 0 Å². The van der Waals surface area contributed by atoms with Crippen molar-refractivity contribution < 1.29 is 9.90 Å². The van der Waals surface area contributed by atoms with Crippen molar-refractivity contribution in [3.8, 4) is 0 Å². The third-order valence-electron chi connectivity index (χ3n) is 5.60. The lowest BCUT2D eigenvalue weighted by Crippen LogP contribution is -2.37. The summed E-state index contributed by atoms with van der Waals surface area (Å²) in [6.07, 6.45) is 5.29. The van der Waals surface area contributed by atoms with E-state index in [0.29, 0.717) is 5.92 Å². The molecule has 2 heteroatoms. The van der Waals surface area contributed by atoms with E-state index >= 15 is 0 Å². The van der Waals surface area contributed by atoms with E-state index < -0.39 is 11.9 Å². The Kier molecular flexibility index (Phi) is 3.15. The average molecular weight is 304 g/mol. The van der Waals surface area contributed by atoms with Crippen LogP contribution in [-0.4, -0.2) is 11.1 Å². The number of rotatable bonds is 3. The normalized spacial score (nSPS) is 31.4. The van der Waals surface area contributed by atoms with Crippen LogP contribution in [0.3, 0.4) is 0 Å². The molecule has 4 rings (SSSR count). The van der Waals surface area contributed by atoms with Crippen molar-refractivity contribution in [2.45, 2.75) is 24.7 Å². The second-order valence-electron chi connectivity index (χ2n) is 6.89. The van der Waals surface area contributed by atoms with Crippen molar-refractivity contribution in [1.29, 1.82) is 0 Å². The Bertz CT molecular complexity index is 777. The number of carboxylic acids is 1. The molecule has 0 aromatic heterocycles. The number of hydrogen-bond acceptors (Lipinski definition) is 1. The molecule has 2 aromatic carbocycles. The molecule has 2 aromatic rings. The van der Waals surface area contributed by atoms with Gasteiger partial charge in [-0.3, -0.25) is 4.79 Å². The number of benzene rings is 2. The molecule has 2 aliphatic rings. The predicted octanol–water partition coefficient (Wildman–Crippen LogP) is 4.31. The van der Waals surface area contributed by atoms with E-state index in [1.54, 1.807) is 0 Å². The molecule has 0 aliphatic heterocycles. The van der Waals surface area contributed by atoms with Crippen molar-refractivity contribution in [3.05, 3.63) is 83.4 Å². The van der Waals surface area contributed by atoms with Gasteiger partial charge < -0.3 is 5.11 Å². The third-order valence-corrected chi connectivity index (χ3v) is 5.60. The highest BCUT2D eigenvalue weighted by Gasteiger charge is 2.59. The zero-order valence-electron chi connectivity index (χ0n) is 13.1. The SMILES string of the molecule is Cc1cccc(C23C=CC(C2)C(c2ccccc2)C3C(=O)O)c1. The molecule has 0 amide bonds. The number of aliphatic carboxylic acids is 1. The molecular weight excluding hydrogens is 284 g/mol. The molecule has 0 spiro atoms. The maximum Gasteiger partial charge on any atom is 0.308 e. The molecule has 2 nitrogen and oxygen atoms in total. The number of allylic oxidation sites excluding steroid dienone is 2. The highest BCUT2D eigenvalue weighted by Crippen LogP contribution is 2.61. The molecule has 116 valence electrons. The molecule has 0 heterocycles. The summed E-state index contributed by atoms with van der Waals surface area (Å²) in [5.41, 5.74) is 3.09. The summed E-state index contributed by atoms with van der Waals surface area (Å²) in [5.74, 6) is -0.730. The maximum atomic E-state index is 12.2. The first-order valence-corrected chi connectivity index (χ1v) is 8.16. The van der Waals surface area contributed by atoms with Crippen LogP contribution in [0, 0.1) is 18.8 Å². The largest absolute Gasteiger partial charge is 0.481 e. The zero-order chi connectivity index (χ0) is 16.0. The second kappa shape index (κ2) is 5.09. The van der Waals surface area contributed by atoms with E-state index in [2.05, 4.69) is 49.4 Å². The van der Waals surface area contributed by atoms with Gasteiger partial charge >= 0.3 is 5.97 Å². The third kappa shape index (κ3) is 2.05. The lowest BCUT2D eigenvalue weighted by atomic mass is 9.68. The first-order chi connectivity index (χ1) is 11.1. The quantitative estimate of drug-likeness (QED) is 0.858. The Morgan fingerprint density at radius 1 is 1.13 bits per heavy atom. The number of carboxylic acid groups (broad SMARTS) is 1. The zero-order valence-corrected chi connectivity index (χ0v) is 13.1. The fraction of sp³-hybridized carbons (Fsp3) is 0.286. The van der Waals surface area contributed by atoms with Gasteiger partial charge in [0.25, 0.3) is 0 Å². The van der Waals surface area contributed by atoms with Gasteiger partial charge in [-0.05, 0) is 30.4 Å². The minimum absolute atomic E-state index is 0.0548. The standard InChI is InChI=1S/C21H20O2/c1-14-6-5-9-17(12-14)21-11-10-16(13-21)18(19(21)20(22)23)15-7-3-2-4-8-15/h2-12,16,18-19H,13H2,1H3,(H,22,23). The molecule has 0 radical (unpaired) electrons. The van der Waals surface area contributed by atoms with Gasteiger partial charge in [0.2, 0.25) is 0 Å². The monoisotopic (exact) mass is 304 g/mol. The highest BCUT2D eigenvalue weighted by atomic mass is 16.4. The molecule has 23 heavy (non-hydrogen) atoms. The van der Waals surface area contributed by atoms with Gasteiger partial charge in [0, 0.05) is 11.3 Å². The van der Waals surface area contributed by atoms with Crippen LogP contribution in [-0.2, 0) is 10.2 Å². The van der Waals surface area contributed by atoms with Gasteiger partial charge in [-0.25, -0.2) is 0 Å². The minimum atomic E-state index is -0.688. The van der Waals surface area contributed by atoms with Crippen molar-refractivity contribution in [2.75, 3.05) is 0 Å². The van der Waals surface area contributed by atoms with E-state index in [9.17, 15) is 9.90 Å². The number of aryl methyl sites for hydroxylation is 1. The van der Waals surface area contributed by atoms with Gasteiger partial charge in [0.15, 0.2) is 0 Å². The Balaban J connectivity index is 1.86. The minimum Gasteiger partial charge on any atom is -0.481 e. The van der Waals surface area contributed by atoms with E-state index in [1.165, 1.54) is 5.56 Å². The van der Waals surface area contributed by atoms with Crippen LogP contribution >= 0.6 is 0 Å². The Labute approximate surface area is 136 Å². The molecule has 1 fully saturated rings. The highest BCUT2D eigenvalue weighted by molar-refractivity contribution is 5.77. The molecule has 4 atom stereocenters. The summed E-state index contributed by atoms with van der Waals surface area (Å²) in [6.45, 7) is 2.07. The molecule has 2 aliphatic carbocycles. The van der Waals surface area contributed by atoms with Crippen molar-refractivity contribution in [2.24, 2.45) is 11.8 Å². The number of carbonyl (C=O) groups is 1. The summed E-state index contributed by atoms with van der Waals surface area (Å²) in [4.78, 5) is 12.2. The molecule has 2 bridgehead atoms. The van der Waals surface area contributed by atoms with Crippen LogP contribution in [0.4, 0.5) is 0 Å². The summed E-state index contributed by atoms with van der Waals surface area (Å²) in [6, 6.07) is 18.5. The van der Waals surface area contributed by atoms with Crippen LogP contribution < -0.4 is 0 Å². The number of fused-ring (bicyclic) bond motifs is 2. The van der Waals surface area contributed by atoms with Crippen LogP contribution in [0.5, 0.6) is 0 Å². The van der Waals surface area contributed by atoms with Crippen molar-refractivity contribution >= 4 is 5.97 Å². The van der Waals surface area contributed by atoms with Crippen LogP contribution in [0.15, 0.2) is 66.7 Å². The van der Waals surface area contributed by atoms with Gasteiger partial charge in [0.05, 0.1) is 5.92 Å². The lowest BCUT2D eigenvalue weighted by molar-refractivity contribution is -0.143. The molecule has 0 saturated heterocycles. The van der Waals surface area contributed by atoms with Crippen LogP contribution in [0.25, 0.3) is 0 Å². The van der Waals surface area contributed by atoms with Gasteiger partial charge in [0.1, 0.15) is 0 Å². The van der Waals surface area contributed by atoms with Crippen LogP contribution in [0.2, 0.25) is 0 Å². The summed E-state index contributed by atoms with van der Waals surface area (Å²) in [5, 5.41) is 10.0. The van der Waals surface area contributed by atoms with E-state index in [0.717, 1.165) is 17.5 Å². The number of hydrogen-bond donors (Lipinski definition) is 1. The molecule has 4 unspecified atom stereocenters. The average Bonchev–Trinajstić information content (AvgIpc) is 3.13. The van der Waals surface area contributed by atoms with E-state index in [4.69, 9.17) is 0 Å². The van der Waals surface area contributed by atoms with E-state index in [-0.39, 0.29) is 11.3 Å². The van der Waals surface area contributed by atoms with Gasteiger partial charge in [-0.2, -0.15) is 0 Å². The fourth-order valence-corrected chi connectivity index (χ4v) is 4.68. The maximum absolute atomic E-state index is 12.2. The smallest absolute Gasteiger partial charge is 0.308 e. The summed E-state index contributed by atoms with van der Waals surface area (Å²) in [7, 11) is 0. The molecule has 1 N–H and O–H groups in total. The summed E-state index contributed by atoms with van der Waals surface area (Å²) < 4.78 is 0. The molecular formula is C21H20O2. The Morgan fingerprint density at radius 2 is 1.91 bits per heavy atom. The first-order valence-electron chi connectivity index (χ1n) is 8.16. The Morgan fingerprint density at radius 3 is 2.61 bits per heavy atom. The topological polar surface area (TPSA) is 37.3 Å². The van der Waals surface area contributed by atoms with Crippen LogP contribution in [0.1, 0.15) is 29.0 Å².